The zero-order valence-electron chi connectivity index (χ0n) is 16.4. The number of ether oxygens (including phenoxy) is 5. The lowest BCUT2D eigenvalue weighted by molar-refractivity contribution is -0.172. The number of amides is 1. The van der Waals surface area contributed by atoms with Crippen LogP contribution in [0.15, 0.2) is 30.3 Å². The van der Waals surface area contributed by atoms with Crippen molar-refractivity contribution in [2.45, 2.75) is 63.9 Å². The van der Waals surface area contributed by atoms with Crippen LogP contribution in [-0.4, -0.2) is 55.4 Å². The maximum absolute atomic E-state index is 12.2. The van der Waals surface area contributed by atoms with Crippen molar-refractivity contribution in [3.8, 4) is 0 Å². The third-order valence-electron chi connectivity index (χ3n) is 4.65. The summed E-state index contributed by atoms with van der Waals surface area (Å²) in [7, 11) is 0. The summed E-state index contributed by atoms with van der Waals surface area (Å²) >= 11 is 0. The number of esters is 1. The van der Waals surface area contributed by atoms with Crippen LogP contribution in [0.5, 0.6) is 0 Å². The van der Waals surface area contributed by atoms with E-state index in [1.807, 2.05) is 30.3 Å². The van der Waals surface area contributed by atoms with Crippen molar-refractivity contribution in [2.75, 3.05) is 13.2 Å². The second-order valence-electron chi connectivity index (χ2n) is 7.27. The summed E-state index contributed by atoms with van der Waals surface area (Å²) in [6, 6.07) is 9.09. The highest BCUT2D eigenvalue weighted by atomic mass is 16.8. The van der Waals surface area contributed by atoms with E-state index in [9.17, 15) is 9.59 Å². The number of rotatable bonds is 7. The van der Waals surface area contributed by atoms with E-state index in [0.29, 0.717) is 13.0 Å². The minimum atomic E-state index is -0.796. The first-order chi connectivity index (χ1) is 13.4. The first-order valence-corrected chi connectivity index (χ1v) is 9.48. The fourth-order valence-corrected chi connectivity index (χ4v) is 3.53. The Labute approximate surface area is 164 Å². The third kappa shape index (κ3) is 5.21. The van der Waals surface area contributed by atoms with Gasteiger partial charge in [0.25, 0.3) is 0 Å². The van der Waals surface area contributed by atoms with Crippen molar-refractivity contribution in [1.82, 2.24) is 5.32 Å². The van der Waals surface area contributed by atoms with Gasteiger partial charge in [-0.25, -0.2) is 9.59 Å². The van der Waals surface area contributed by atoms with Gasteiger partial charge in [-0.3, -0.25) is 0 Å². The molecule has 1 aliphatic carbocycles. The number of benzene rings is 1. The normalized spacial score (nSPS) is 27.8. The highest BCUT2D eigenvalue weighted by molar-refractivity contribution is 5.70. The maximum Gasteiger partial charge on any atom is 0.407 e. The molecule has 8 nitrogen and oxygen atoms in total. The Bertz CT molecular complexity index is 678. The van der Waals surface area contributed by atoms with Crippen LogP contribution in [0.4, 0.5) is 4.79 Å². The highest BCUT2D eigenvalue weighted by Crippen LogP contribution is 2.39. The SMILES string of the molecule is CCOC(=O)CO[C@@H]1C[C@H](NC(=O)OCc2ccccc2)[C@H]2OC(C)(C)O[C@H]21. The second kappa shape index (κ2) is 8.89. The summed E-state index contributed by atoms with van der Waals surface area (Å²) in [6.45, 7) is 5.65. The summed E-state index contributed by atoms with van der Waals surface area (Å²) in [5.74, 6) is -1.23. The molecular weight excluding hydrogens is 366 g/mol. The molecule has 3 rings (SSSR count). The molecule has 0 unspecified atom stereocenters. The first kappa shape index (κ1) is 20.6. The van der Waals surface area contributed by atoms with Crippen LogP contribution >= 0.6 is 0 Å². The van der Waals surface area contributed by atoms with E-state index in [4.69, 9.17) is 23.7 Å². The second-order valence-corrected chi connectivity index (χ2v) is 7.27. The average Bonchev–Trinajstić information content (AvgIpc) is 3.13. The van der Waals surface area contributed by atoms with Crippen molar-refractivity contribution >= 4 is 12.1 Å². The standard InChI is InChI=1S/C20H27NO7/c1-4-24-16(22)12-25-15-10-14(17-18(15)28-20(2,3)27-17)21-19(23)26-11-13-8-6-5-7-9-13/h5-9,14-15,17-18H,4,10-12H2,1-3H3,(H,21,23)/t14-,15+,17+,18-/m0/s1. The van der Waals surface area contributed by atoms with Gasteiger partial charge in [0.15, 0.2) is 5.79 Å². The van der Waals surface area contributed by atoms with Gasteiger partial charge in [0.1, 0.15) is 25.4 Å². The molecule has 154 valence electrons. The minimum Gasteiger partial charge on any atom is -0.464 e. The van der Waals surface area contributed by atoms with Gasteiger partial charge in [-0.15, -0.1) is 0 Å². The number of carbonyl (C=O) groups excluding carboxylic acids is 2. The summed E-state index contributed by atoms with van der Waals surface area (Å²) in [4.78, 5) is 23.8. The van der Waals surface area contributed by atoms with Crippen molar-refractivity contribution in [2.24, 2.45) is 0 Å². The molecule has 4 atom stereocenters. The molecule has 0 spiro atoms. The van der Waals surface area contributed by atoms with Crippen LogP contribution in [0.25, 0.3) is 0 Å². The number of hydrogen-bond acceptors (Lipinski definition) is 7. The van der Waals surface area contributed by atoms with Crippen molar-refractivity contribution in [1.29, 1.82) is 0 Å². The smallest absolute Gasteiger partial charge is 0.407 e. The van der Waals surface area contributed by atoms with Gasteiger partial charge in [0.05, 0.1) is 18.8 Å². The summed E-state index contributed by atoms with van der Waals surface area (Å²) in [6.07, 6.45) is -1.25. The lowest BCUT2D eigenvalue weighted by atomic mass is 10.2. The maximum atomic E-state index is 12.2. The summed E-state index contributed by atoms with van der Waals surface area (Å²) in [5, 5.41) is 2.84. The molecule has 1 amide bonds. The molecule has 0 radical (unpaired) electrons. The summed E-state index contributed by atoms with van der Waals surface area (Å²) in [5.41, 5.74) is 0.902. The largest absolute Gasteiger partial charge is 0.464 e. The Morgan fingerprint density at radius 3 is 2.57 bits per heavy atom. The van der Waals surface area contributed by atoms with Crippen LogP contribution in [0.1, 0.15) is 32.8 Å². The summed E-state index contributed by atoms with van der Waals surface area (Å²) < 4.78 is 27.8. The van der Waals surface area contributed by atoms with Gasteiger partial charge >= 0.3 is 12.1 Å². The van der Waals surface area contributed by atoms with Gasteiger partial charge < -0.3 is 29.0 Å². The van der Waals surface area contributed by atoms with E-state index in [2.05, 4.69) is 5.32 Å². The number of alkyl carbamates (subject to hydrolysis) is 1. The number of carbonyl (C=O) groups is 2. The Balaban J connectivity index is 1.56. The molecule has 2 fully saturated rings. The van der Waals surface area contributed by atoms with E-state index >= 15 is 0 Å². The first-order valence-electron chi connectivity index (χ1n) is 9.48. The lowest BCUT2D eigenvalue weighted by Gasteiger charge is -2.23. The van der Waals surface area contributed by atoms with Crippen LogP contribution < -0.4 is 5.32 Å². The predicted octanol–water partition coefficient (Wildman–Crippen LogP) is 2.15. The molecule has 2 aliphatic rings. The molecule has 0 bridgehead atoms. The molecule has 0 aromatic heterocycles. The average molecular weight is 393 g/mol. The molecule has 1 aromatic carbocycles. The quantitative estimate of drug-likeness (QED) is 0.710. The van der Waals surface area contributed by atoms with E-state index in [1.165, 1.54) is 0 Å². The molecule has 1 saturated carbocycles. The van der Waals surface area contributed by atoms with Crippen LogP contribution in [0.3, 0.4) is 0 Å². The van der Waals surface area contributed by atoms with Gasteiger partial charge in [0.2, 0.25) is 0 Å². The minimum absolute atomic E-state index is 0.170. The van der Waals surface area contributed by atoms with Gasteiger partial charge in [-0.1, -0.05) is 30.3 Å². The molecule has 1 aromatic rings. The fourth-order valence-electron chi connectivity index (χ4n) is 3.53. The fraction of sp³-hybridized carbons (Fsp3) is 0.600. The van der Waals surface area contributed by atoms with Gasteiger partial charge in [0, 0.05) is 0 Å². The highest BCUT2D eigenvalue weighted by Gasteiger charge is 2.55. The molecule has 1 aliphatic heterocycles. The predicted molar refractivity (Wildman–Crippen MR) is 98.4 cm³/mol. The molecule has 1 N–H and O–H groups in total. The number of fused-ring (bicyclic) bond motifs is 1. The van der Waals surface area contributed by atoms with E-state index in [0.717, 1.165) is 5.56 Å². The Kier molecular flexibility index (Phi) is 6.53. The van der Waals surface area contributed by atoms with Crippen molar-refractivity contribution in [3.63, 3.8) is 0 Å². The molecule has 28 heavy (non-hydrogen) atoms. The Morgan fingerprint density at radius 2 is 1.86 bits per heavy atom. The van der Waals surface area contributed by atoms with Crippen molar-refractivity contribution < 1.29 is 33.3 Å². The van der Waals surface area contributed by atoms with Crippen LogP contribution in [0, 0.1) is 0 Å². The van der Waals surface area contributed by atoms with Crippen LogP contribution in [-0.2, 0) is 35.1 Å². The zero-order chi connectivity index (χ0) is 20.1. The Morgan fingerprint density at radius 1 is 1.14 bits per heavy atom. The third-order valence-corrected chi connectivity index (χ3v) is 4.65. The molecule has 1 heterocycles. The Hall–Kier alpha value is -2.16. The monoisotopic (exact) mass is 393 g/mol. The van der Waals surface area contributed by atoms with Gasteiger partial charge in [-0.05, 0) is 32.8 Å². The topological polar surface area (TPSA) is 92.3 Å². The van der Waals surface area contributed by atoms with Crippen molar-refractivity contribution in [3.05, 3.63) is 35.9 Å². The van der Waals surface area contributed by atoms with E-state index in [1.54, 1.807) is 20.8 Å². The zero-order valence-corrected chi connectivity index (χ0v) is 16.4. The lowest BCUT2D eigenvalue weighted by Crippen LogP contribution is -2.43. The molecule has 8 heteroatoms. The molecular formula is C20H27NO7. The number of nitrogens with one attached hydrogen (secondary N) is 1. The van der Waals surface area contributed by atoms with E-state index < -0.39 is 24.0 Å². The van der Waals surface area contributed by atoms with E-state index in [-0.39, 0.29) is 31.5 Å². The van der Waals surface area contributed by atoms with Crippen LogP contribution in [0.2, 0.25) is 0 Å². The molecule has 1 saturated heterocycles. The number of hydrogen-bond donors (Lipinski definition) is 1. The van der Waals surface area contributed by atoms with Gasteiger partial charge in [-0.2, -0.15) is 0 Å².